The molecule has 124 valence electrons. The van der Waals surface area contributed by atoms with Gasteiger partial charge in [-0.15, -0.1) is 0 Å². The Balaban J connectivity index is 1.98. The number of anilines is 1. The number of phenols is 1. The summed E-state index contributed by atoms with van der Waals surface area (Å²) in [5.74, 6) is 0.357. The van der Waals surface area contributed by atoms with Crippen LogP contribution in [0.4, 0.5) is 5.95 Å². The summed E-state index contributed by atoms with van der Waals surface area (Å²) in [5, 5.41) is 13.8. The predicted octanol–water partition coefficient (Wildman–Crippen LogP) is 0.874. The maximum Gasteiger partial charge on any atom is 0.329 e. The average Bonchev–Trinajstić information content (AvgIpc) is 2.86. The van der Waals surface area contributed by atoms with E-state index in [0.717, 1.165) is 4.47 Å². The predicted molar refractivity (Wildman–Crippen MR) is 93.6 cm³/mol. The number of hydrogen-bond donors (Lipinski definition) is 3. The van der Waals surface area contributed by atoms with E-state index in [9.17, 15) is 14.7 Å². The van der Waals surface area contributed by atoms with Crippen molar-refractivity contribution in [1.29, 1.82) is 0 Å². The molecule has 0 saturated carbocycles. The first-order chi connectivity index (χ1) is 11.4. The summed E-state index contributed by atoms with van der Waals surface area (Å²) < 4.78 is 3.53. The number of nitrogens with one attached hydrogen (secondary N) is 2. The van der Waals surface area contributed by atoms with Crippen molar-refractivity contribution in [2.24, 2.45) is 19.2 Å². The fraction of sp³-hybridized carbons (Fsp3) is 0.143. The number of fused-ring (bicyclic) bond motifs is 1. The van der Waals surface area contributed by atoms with Crippen LogP contribution in [0.1, 0.15) is 5.56 Å². The number of hydrazone groups is 1. The zero-order chi connectivity index (χ0) is 17.4. The van der Waals surface area contributed by atoms with Crippen LogP contribution in [0.25, 0.3) is 11.2 Å². The molecule has 0 fully saturated rings. The van der Waals surface area contributed by atoms with Gasteiger partial charge in [-0.2, -0.15) is 10.1 Å². The molecule has 10 heteroatoms. The Bertz CT molecular complexity index is 1080. The maximum atomic E-state index is 11.9. The second-order valence-corrected chi connectivity index (χ2v) is 5.97. The molecule has 0 amide bonds. The molecule has 1 aromatic carbocycles. The zero-order valence-corrected chi connectivity index (χ0v) is 14.3. The summed E-state index contributed by atoms with van der Waals surface area (Å²) in [4.78, 5) is 30.0. The second kappa shape index (κ2) is 5.96. The lowest BCUT2D eigenvalue weighted by Crippen LogP contribution is -2.29. The van der Waals surface area contributed by atoms with Gasteiger partial charge in [-0.1, -0.05) is 15.9 Å². The summed E-state index contributed by atoms with van der Waals surface area (Å²) >= 11 is 3.31. The normalized spacial score (nSPS) is 11.5. The van der Waals surface area contributed by atoms with Gasteiger partial charge >= 0.3 is 5.69 Å². The van der Waals surface area contributed by atoms with Crippen LogP contribution in [-0.4, -0.2) is 30.4 Å². The van der Waals surface area contributed by atoms with Crippen molar-refractivity contribution in [1.82, 2.24) is 19.1 Å². The third-order valence-electron chi connectivity index (χ3n) is 3.49. The molecular weight excluding hydrogens is 380 g/mol. The Morgan fingerprint density at radius 2 is 2.08 bits per heavy atom. The first-order valence-corrected chi connectivity index (χ1v) is 7.61. The number of aryl methyl sites for hydroxylation is 2. The van der Waals surface area contributed by atoms with Crippen LogP contribution in [-0.2, 0) is 14.1 Å². The molecular formula is C14H13BrN6O3. The Labute approximate surface area is 143 Å². The van der Waals surface area contributed by atoms with E-state index in [1.54, 1.807) is 19.2 Å². The molecule has 0 radical (unpaired) electrons. The molecule has 0 unspecified atom stereocenters. The average molecular weight is 393 g/mol. The largest absolute Gasteiger partial charge is 0.507 e. The minimum atomic E-state index is -0.542. The van der Waals surface area contributed by atoms with Gasteiger partial charge in [0.2, 0.25) is 5.95 Å². The number of H-pyrrole nitrogens is 1. The Hall–Kier alpha value is -2.88. The van der Waals surface area contributed by atoms with Gasteiger partial charge in [-0.05, 0) is 18.2 Å². The SMILES string of the molecule is Cn1c(N/N=C\c2cc(Br)ccc2O)nc2c1c(=O)[nH]c(=O)n2C. The van der Waals surface area contributed by atoms with Crippen molar-refractivity contribution in [3.63, 3.8) is 0 Å². The number of aromatic nitrogens is 4. The van der Waals surface area contributed by atoms with Crippen LogP contribution in [0.3, 0.4) is 0 Å². The summed E-state index contributed by atoms with van der Waals surface area (Å²) in [5.41, 5.74) is 2.63. The molecule has 24 heavy (non-hydrogen) atoms. The molecule has 9 nitrogen and oxygen atoms in total. The highest BCUT2D eigenvalue weighted by molar-refractivity contribution is 9.10. The van der Waals surface area contributed by atoms with Crippen LogP contribution in [0.15, 0.2) is 37.4 Å². The van der Waals surface area contributed by atoms with Gasteiger partial charge in [0.15, 0.2) is 11.2 Å². The number of hydrogen-bond acceptors (Lipinski definition) is 6. The molecule has 0 aliphatic rings. The molecule has 0 atom stereocenters. The summed E-state index contributed by atoms with van der Waals surface area (Å²) in [7, 11) is 3.14. The monoisotopic (exact) mass is 392 g/mol. The fourth-order valence-corrected chi connectivity index (χ4v) is 2.58. The lowest BCUT2D eigenvalue weighted by Gasteiger charge is -2.01. The zero-order valence-electron chi connectivity index (χ0n) is 12.7. The molecule has 2 aromatic heterocycles. The smallest absolute Gasteiger partial charge is 0.329 e. The highest BCUT2D eigenvalue weighted by atomic mass is 79.9. The van der Waals surface area contributed by atoms with Gasteiger partial charge in [0, 0.05) is 24.1 Å². The number of aromatic amines is 1. The van der Waals surface area contributed by atoms with E-state index in [1.165, 1.54) is 28.5 Å². The Morgan fingerprint density at radius 1 is 1.33 bits per heavy atom. The number of rotatable bonds is 3. The van der Waals surface area contributed by atoms with Crippen molar-refractivity contribution >= 4 is 39.3 Å². The summed E-state index contributed by atoms with van der Waals surface area (Å²) in [6.07, 6.45) is 1.42. The number of benzene rings is 1. The van der Waals surface area contributed by atoms with Gasteiger partial charge in [0.1, 0.15) is 5.75 Å². The van der Waals surface area contributed by atoms with Gasteiger partial charge < -0.3 is 9.67 Å². The van der Waals surface area contributed by atoms with Crippen molar-refractivity contribution < 1.29 is 5.11 Å². The summed E-state index contributed by atoms with van der Waals surface area (Å²) in [6.45, 7) is 0. The molecule has 0 spiro atoms. The standard InChI is InChI=1S/C14H13BrN6O3/c1-20-10-11(21(2)14(24)18-12(10)23)17-13(20)19-16-6-7-5-8(15)3-4-9(7)22/h3-6,22H,1-2H3,(H,17,19)(H,18,23,24)/b16-6-. The van der Waals surface area contributed by atoms with E-state index < -0.39 is 11.2 Å². The number of nitrogens with zero attached hydrogens (tertiary/aromatic N) is 4. The van der Waals surface area contributed by atoms with Crippen LogP contribution >= 0.6 is 15.9 Å². The second-order valence-electron chi connectivity index (χ2n) is 5.06. The quantitative estimate of drug-likeness (QED) is 0.451. The number of phenolic OH excluding ortho intramolecular Hbond substituents is 1. The molecule has 0 saturated heterocycles. The van der Waals surface area contributed by atoms with E-state index in [0.29, 0.717) is 5.56 Å². The minimum Gasteiger partial charge on any atom is -0.507 e. The number of imidazole rings is 1. The lowest BCUT2D eigenvalue weighted by atomic mass is 10.2. The molecule has 3 N–H and O–H groups in total. The Kier molecular flexibility index (Phi) is 3.97. The van der Waals surface area contributed by atoms with Gasteiger partial charge in [0.05, 0.1) is 6.21 Å². The molecule has 3 rings (SSSR count). The van der Waals surface area contributed by atoms with Crippen molar-refractivity contribution in [3.8, 4) is 5.75 Å². The highest BCUT2D eigenvalue weighted by Gasteiger charge is 2.14. The topological polar surface area (TPSA) is 117 Å². The fourth-order valence-electron chi connectivity index (χ4n) is 2.20. The van der Waals surface area contributed by atoms with E-state index >= 15 is 0 Å². The molecule has 0 aliphatic heterocycles. The third kappa shape index (κ3) is 2.71. The molecule has 0 aliphatic carbocycles. The first-order valence-electron chi connectivity index (χ1n) is 6.82. The van der Waals surface area contributed by atoms with Crippen LogP contribution < -0.4 is 16.7 Å². The van der Waals surface area contributed by atoms with E-state index in [4.69, 9.17) is 0 Å². The lowest BCUT2D eigenvalue weighted by molar-refractivity contribution is 0.474. The van der Waals surface area contributed by atoms with Crippen molar-refractivity contribution in [2.45, 2.75) is 0 Å². The minimum absolute atomic E-state index is 0.0765. The molecule has 2 heterocycles. The summed E-state index contributed by atoms with van der Waals surface area (Å²) in [6, 6.07) is 4.94. The Morgan fingerprint density at radius 3 is 2.83 bits per heavy atom. The highest BCUT2D eigenvalue weighted by Crippen LogP contribution is 2.20. The van der Waals surface area contributed by atoms with Crippen LogP contribution in [0.5, 0.6) is 5.75 Å². The van der Waals surface area contributed by atoms with E-state index in [2.05, 4.69) is 36.4 Å². The maximum absolute atomic E-state index is 11.9. The van der Waals surface area contributed by atoms with Crippen LogP contribution in [0, 0.1) is 0 Å². The van der Waals surface area contributed by atoms with Gasteiger partial charge in [0.25, 0.3) is 5.56 Å². The van der Waals surface area contributed by atoms with Gasteiger partial charge in [-0.25, -0.2) is 10.2 Å². The number of aromatic hydroxyl groups is 1. The van der Waals surface area contributed by atoms with E-state index in [1.807, 2.05) is 0 Å². The van der Waals surface area contributed by atoms with Crippen molar-refractivity contribution in [2.75, 3.05) is 5.43 Å². The van der Waals surface area contributed by atoms with E-state index in [-0.39, 0.29) is 22.9 Å². The first kappa shape index (κ1) is 16.0. The molecule has 0 bridgehead atoms. The van der Waals surface area contributed by atoms with Gasteiger partial charge in [-0.3, -0.25) is 14.3 Å². The molecule has 3 aromatic rings. The van der Waals surface area contributed by atoms with Crippen LogP contribution in [0.2, 0.25) is 0 Å². The third-order valence-corrected chi connectivity index (χ3v) is 3.99. The number of halogens is 1. The van der Waals surface area contributed by atoms with Crippen molar-refractivity contribution in [3.05, 3.63) is 49.1 Å².